The maximum atomic E-state index is 12.4. The van der Waals surface area contributed by atoms with Crippen molar-refractivity contribution in [3.8, 4) is 0 Å². The van der Waals surface area contributed by atoms with E-state index in [1.165, 1.54) is 10.9 Å². The Hall–Kier alpha value is -3.22. The normalized spacial score (nSPS) is 12.8. The molecule has 2 heterocycles. The molecule has 29 heavy (non-hydrogen) atoms. The Morgan fingerprint density at radius 2 is 1.93 bits per heavy atom. The summed E-state index contributed by atoms with van der Waals surface area (Å²) < 4.78 is 0. The van der Waals surface area contributed by atoms with Gasteiger partial charge in [-0.05, 0) is 44.4 Å². The molecule has 0 fully saturated rings. The summed E-state index contributed by atoms with van der Waals surface area (Å²) in [4.78, 5) is 29.0. The number of H-pyrrole nitrogens is 1. The van der Waals surface area contributed by atoms with Gasteiger partial charge in [0, 0.05) is 41.0 Å². The number of aryl methyl sites for hydroxylation is 2. The second-order valence-electron chi connectivity index (χ2n) is 7.24. The molecular weight excluding hydrogens is 364 g/mol. The van der Waals surface area contributed by atoms with E-state index >= 15 is 0 Å². The number of nitrogens with zero attached hydrogens (tertiary/aromatic N) is 3. The van der Waals surface area contributed by atoms with E-state index in [2.05, 4.69) is 42.7 Å². The van der Waals surface area contributed by atoms with Gasteiger partial charge >= 0.3 is 0 Å². The van der Waals surface area contributed by atoms with Gasteiger partial charge in [-0.25, -0.2) is 9.97 Å². The third-order valence-electron chi connectivity index (χ3n) is 4.84. The molecule has 0 saturated heterocycles. The summed E-state index contributed by atoms with van der Waals surface area (Å²) in [5.41, 5.74) is 4.01. The molecule has 7 heteroatoms. The summed E-state index contributed by atoms with van der Waals surface area (Å²) in [5, 5.41) is 7.15. The number of aromatic nitrogens is 3. The number of nitrogens with one attached hydrogen (secondary N) is 3. The molecule has 0 aliphatic heterocycles. The lowest BCUT2D eigenvalue weighted by atomic mass is 10.1. The standard InChI is InChI=1S/C22H28N6O/c1-5-14(2)20(29)27-21(28-22-25-15(3)12-16(4)26-22)23-11-10-17-13-24-19-9-7-6-8-18(17)19/h6-9,12-14,24H,5,10-11H2,1-4H3,(H2,23,25,26,27,28,29)/t14-/m0/s1. The van der Waals surface area contributed by atoms with Gasteiger partial charge in [0.25, 0.3) is 0 Å². The van der Waals surface area contributed by atoms with Crippen LogP contribution in [0.4, 0.5) is 5.95 Å². The minimum absolute atomic E-state index is 0.0739. The highest BCUT2D eigenvalue weighted by Gasteiger charge is 2.14. The van der Waals surface area contributed by atoms with Crippen molar-refractivity contribution in [2.45, 2.75) is 40.5 Å². The van der Waals surface area contributed by atoms with Gasteiger partial charge in [0.05, 0.1) is 0 Å². The first-order valence-electron chi connectivity index (χ1n) is 9.96. The Morgan fingerprint density at radius 3 is 2.66 bits per heavy atom. The summed E-state index contributed by atoms with van der Waals surface area (Å²) >= 11 is 0. The monoisotopic (exact) mass is 392 g/mol. The van der Waals surface area contributed by atoms with Gasteiger partial charge in [0.2, 0.25) is 17.8 Å². The van der Waals surface area contributed by atoms with E-state index in [1.54, 1.807) is 0 Å². The molecule has 0 unspecified atom stereocenters. The zero-order valence-corrected chi connectivity index (χ0v) is 17.4. The SMILES string of the molecule is CC[C@H](C)C(=O)NC(=NCCc1c[nH]c2ccccc12)Nc1nc(C)cc(C)n1. The van der Waals surface area contributed by atoms with Crippen molar-refractivity contribution < 1.29 is 4.79 Å². The molecule has 7 nitrogen and oxygen atoms in total. The molecule has 0 saturated carbocycles. The van der Waals surface area contributed by atoms with Crippen LogP contribution in [0.1, 0.15) is 37.2 Å². The van der Waals surface area contributed by atoms with Crippen LogP contribution in [0.2, 0.25) is 0 Å². The topological polar surface area (TPSA) is 95.1 Å². The second kappa shape index (κ2) is 9.32. The maximum Gasteiger partial charge on any atom is 0.229 e. The van der Waals surface area contributed by atoms with Gasteiger partial charge in [-0.3, -0.25) is 20.4 Å². The van der Waals surface area contributed by atoms with Gasteiger partial charge < -0.3 is 4.98 Å². The average Bonchev–Trinajstić information content (AvgIpc) is 3.09. The predicted octanol–water partition coefficient (Wildman–Crippen LogP) is 3.75. The molecule has 3 aromatic rings. The number of hydrogen-bond donors (Lipinski definition) is 3. The Labute approximate surface area is 171 Å². The molecule has 1 atom stereocenters. The van der Waals surface area contributed by atoms with Crippen molar-refractivity contribution >= 4 is 28.7 Å². The third kappa shape index (κ3) is 5.40. The highest BCUT2D eigenvalue weighted by Crippen LogP contribution is 2.18. The van der Waals surface area contributed by atoms with Crippen LogP contribution in [0.15, 0.2) is 41.5 Å². The lowest BCUT2D eigenvalue weighted by molar-refractivity contribution is -0.123. The molecule has 3 N–H and O–H groups in total. The fourth-order valence-electron chi connectivity index (χ4n) is 3.05. The maximum absolute atomic E-state index is 12.4. The van der Waals surface area contributed by atoms with E-state index in [0.717, 1.165) is 29.7 Å². The van der Waals surface area contributed by atoms with Crippen molar-refractivity contribution in [2.75, 3.05) is 11.9 Å². The van der Waals surface area contributed by atoms with Crippen molar-refractivity contribution in [1.29, 1.82) is 0 Å². The molecule has 0 spiro atoms. The largest absolute Gasteiger partial charge is 0.361 e. The summed E-state index contributed by atoms with van der Waals surface area (Å²) in [6.45, 7) is 8.22. The fourth-order valence-corrected chi connectivity index (χ4v) is 3.05. The summed E-state index contributed by atoms with van der Waals surface area (Å²) in [5.74, 6) is 0.629. The first kappa shape index (κ1) is 20.5. The molecule has 0 aliphatic carbocycles. The Bertz CT molecular complexity index is 1000. The molecular formula is C22H28N6O. The van der Waals surface area contributed by atoms with Crippen LogP contribution in [-0.2, 0) is 11.2 Å². The van der Waals surface area contributed by atoms with Crippen LogP contribution in [-0.4, -0.2) is 33.4 Å². The van der Waals surface area contributed by atoms with Crippen molar-refractivity contribution in [3.05, 3.63) is 53.5 Å². The highest BCUT2D eigenvalue weighted by molar-refractivity contribution is 6.04. The van der Waals surface area contributed by atoms with E-state index in [1.807, 2.05) is 52.1 Å². The minimum atomic E-state index is -0.101. The van der Waals surface area contributed by atoms with Crippen LogP contribution in [0.3, 0.4) is 0 Å². The van der Waals surface area contributed by atoms with Crippen molar-refractivity contribution in [1.82, 2.24) is 20.3 Å². The number of hydrogen-bond acceptors (Lipinski definition) is 4. The van der Waals surface area contributed by atoms with Gasteiger partial charge in [0.1, 0.15) is 0 Å². The van der Waals surface area contributed by atoms with Crippen LogP contribution >= 0.6 is 0 Å². The van der Waals surface area contributed by atoms with Gasteiger partial charge in [0.15, 0.2) is 0 Å². The number of aliphatic imine (C=N–C) groups is 1. The molecule has 0 bridgehead atoms. The first-order valence-corrected chi connectivity index (χ1v) is 9.96. The molecule has 1 aromatic carbocycles. The van der Waals surface area contributed by atoms with Crippen molar-refractivity contribution in [2.24, 2.45) is 10.9 Å². The fraction of sp³-hybridized carbons (Fsp3) is 0.364. The van der Waals surface area contributed by atoms with E-state index in [4.69, 9.17) is 0 Å². The van der Waals surface area contributed by atoms with E-state index in [9.17, 15) is 4.79 Å². The molecule has 3 rings (SSSR count). The number of guanidine groups is 1. The van der Waals surface area contributed by atoms with Crippen LogP contribution < -0.4 is 10.6 Å². The van der Waals surface area contributed by atoms with E-state index in [0.29, 0.717) is 18.5 Å². The Kier molecular flexibility index (Phi) is 6.59. The molecule has 152 valence electrons. The second-order valence-corrected chi connectivity index (χ2v) is 7.24. The number of amides is 1. The number of rotatable bonds is 6. The smallest absolute Gasteiger partial charge is 0.229 e. The lowest BCUT2D eigenvalue weighted by Crippen LogP contribution is -2.39. The minimum Gasteiger partial charge on any atom is -0.361 e. The molecule has 0 aliphatic rings. The highest BCUT2D eigenvalue weighted by atomic mass is 16.2. The van der Waals surface area contributed by atoms with Crippen LogP contribution in [0, 0.1) is 19.8 Å². The molecule has 0 radical (unpaired) electrons. The summed E-state index contributed by atoms with van der Waals surface area (Å²) in [6.07, 6.45) is 3.52. The predicted molar refractivity (Wildman–Crippen MR) is 117 cm³/mol. The first-order chi connectivity index (χ1) is 14.0. The third-order valence-corrected chi connectivity index (χ3v) is 4.84. The molecule has 1 amide bonds. The number of anilines is 1. The number of para-hydroxylation sites is 1. The zero-order chi connectivity index (χ0) is 20.8. The Balaban J connectivity index is 1.76. The number of carbonyl (C=O) groups excluding carboxylic acids is 1. The summed E-state index contributed by atoms with van der Waals surface area (Å²) in [7, 11) is 0. The number of fused-ring (bicyclic) bond motifs is 1. The van der Waals surface area contributed by atoms with Crippen LogP contribution in [0.5, 0.6) is 0 Å². The van der Waals surface area contributed by atoms with E-state index in [-0.39, 0.29) is 11.8 Å². The quantitative estimate of drug-likeness (QED) is 0.440. The average molecular weight is 393 g/mol. The number of benzene rings is 1. The van der Waals surface area contributed by atoms with Gasteiger partial charge in [-0.15, -0.1) is 0 Å². The summed E-state index contributed by atoms with van der Waals surface area (Å²) in [6, 6.07) is 10.1. The Morgan fingerprint density at radius 1 is 1.21 bits per heavy atom. The zero-order valence-electron chi connectivity index (χ0n) is 17.4. The number of aromatic amines is 1. The van der Waals surface area contributed by atoms with Gasteiger partial charge in [-0.1, -0.05) is 32.0 Å². The van der Waals surface area contributed by atoms with Gasteiger partial charge in [-0.2, -0.15) is 0 Å². The number of carbonyl (C=O) groups is 1. The van der Waals surface area contributed by atoms with Crippen LogP contribution in [0.25, 0.3) is 10.9 Å². The lowest BCUT2D eigenvalue weighted by Gasteiger charge is -2.14. The van der Waals surface area contributed by atoms with Crippen molar-refractivity contribution in [3.63, 3.8) is 0 Å². The molecule has 2 aromatic heterocycles. The van der Waals surface area contributed by atoms with E-state index < -0.39 is 0 Å².